The maximum atomic E-state index is 12.9. The molecule has 224 valence electrons. The second-order valence-corrected chi connectivity index (χ2v) is 12.7. The average Bonchev–Trinajstić information content (AvgIpc) is 2.97. The third kappa shape index (κ3) is 12.4. The topological polar surface area (TPSA) is 61.8 Å². The van der Waals surface area contributed by atoms with Crippen molar-refractivity contribution in [2.24, 2.45) is 23.7 Å². The average molecular weight is 547 g/mol. The van der Waals surface area contributed by atoms with Crippen molar-refractivity contribution in [2.45, 2.75) is 154 Å². The van der Waals surface area contributed by atoms with Crippen molar-refractivity contribution in [3.05, 3.63) is 12.7 Å². The lowest BCUT2D eigenvalue weighted by Gasteiger charge is -2.38. The third-order valence-corrected chi connectivity index (χ3v) is 9.84. The molecule has 0 radical (unpaired) electrons. The van der Waals surface area contributed by atoms with Gasteiger partial charge in [-0.25, -0.2) is 4.79 Å². The van der Waals surface area contributed by atoms with E-state index in [4.69, 9.17) is 14.2 Å². The molecular formula is C34H58O5. The van der Waals surface area contributed by atoms with Crippen LogP contribution >= 0.6 is 0 Å². The van der Waals surface area contributed by atoms with E-state index in [1.165, 1.54) is 89.5 Å². The summed E-state index contributed by atoms with van der Waals surface area (Å²) in [5, 5.41) is 0. The third-order valence-electron chi connectivity index (χ3n) is 9.84. The van der Waals surface area contributed by atoms with E-state index >= 15 is 0 Å². The highest BCUT2D eigenvalue weighted by Crippen LogP contribution is 2.42. The first-order valence-corrected chi connectivity index (χ1v) is 16.7. The van der Waals surface area contributed by atoms with Crippen LogP contribution in [0.3, 0.4) is 0 Å². The minimum absolute atomic E-state index is 0.0381. The molecule has 0 amide bonds. The van der Waals surface area contributed by atoms with Gasteiger partial charge in [-0.3, -0.25) is 4.79 Å². The first-order chi connectivity index (χ1) is 19.1. The van der Waals surface area contributed by atoms with Gasteiger partial charge >= 0.3 is 11.9 Å². The Morgan fingerprint density at radius 2 is 1.28 bits per heavy atom. The Balaban J connectivity index is 1.20. The fraction of sp³-hybridized carbons (Fsp3) is 0.882. The molecule has 3 fully saturated rings. The highest BCUT2D eigenvalue weighted by molar-refractivity contribution is 5.81. The molecule has 3 saturated carbocycles. The van der Waals surface area contributed by atoms with E-state index in [0.717, 1.165) is 69.1 Å². The predicted octanol–water partition coefficient (Wildman–Crippen LogP) is 8.73. The van der Waals surface area contributed by atoms with Crippen LogP contribution in [0.1, 0.15) is 142 Å². The summed E-state index contributed by atoms with van der Waals surface area (Å²) in [5.74, 6) is 2.47. The van der Waals surface area contributed by atoms with E-state index in [0.29, 0.717) is 13.2 Å². The SMILES string of the molecule is C=CC(=O)OCCCCOC1CCC(C(=O)OC2CCC(C3CCC(CCCCCCCC)CC3)CC2)CC1. The molecule has 0 N–H and O–H groups in total. The molecule has 0 heterocycles. The van der Waals surface area contributed by atoms with Crippen LogP contribution in [-0.2, 0) is 23.8 Å². The molecule has 0 aromatic heterocycles. The highest BCUT2D eigenvalue weighted by Gasteiger charge is 2.34. The van der Waals surface area contributed by atoms with E-state index in [9.17, 15) is 9.59 Å². The largest absolute Gasteiger partial charge is 0.463 e. The maximum absolute atomic E-state index is 12.9. The van der Waals surface area contributed by atoms with Gasteiger partial charge in [0.1, 0.15) is 6.10 Å². The molecule has 0 aliphatic heterocycles. The van der Waals surface area contributed by atoms with Gasteiger partial charge in [-0.2, -0.15) is 0 Å². The fourth-order valence-electron chi connectivity index (χ4n) is 7.25. The van der Waals surface area contributed by atoms with Crippen LogP contribution in [0, 0.1) is 23.7 Å². The Morgan fingerprint density at radius 1 is 0.692 bits per heavy atom. The summed E-state index contributed by atoms with van der Waals surface area (Å²) in [6.45, 7) is 6.77. The van der Waals surface area contributed by atoms with Gasteiger partial charge in [0.15, 0.2) is 0 Å². The lowest BCUT2D eigenvalue weighted by atomic mass is 9.70. The Bertz CT molecular complexity index is 682. The number of hydrogen-bond donors (Lipinski definition) is 0. The van der Waals surface area contributed by atoms with Crippen LogP contribution in [0.5, 0.6) is 0 Å². The van der Waals surface area contributed by atoms with E-state index in [1.54, 1.807) is 0 Å². The van der Waals surface area contributed by atoms with Gasteiger partial charge in [-0.1, -0.05) is 71.3 Å². The van der Waals surface area contributed by atoms with Gasteiger partial charge in [0.2, 0.25) is 0 Å². The summed E-state index contributed by atoms with van der Waals surface area (Å²) in [4.78, 5) is 23.9. The van der Waals surface area contributed by atoms with Crippen LogP contribution in [0.2, 0.25) is 0 Å². The van der Waals surface area contributed by atoms with Crippen LogP contribution in [0.4, 0.5) is 0 Å². The Labute approximate surface area is 239 Å². The second-order valence-electron chi connectivity index (χ2n) is 12.7. The van der Waals surface area contributed by atoms with Crippen LogP contribution in [0.15, 0.2) is 12.7 Å². The molecule has 0 bridgehead atoms. The Hall–Kier alpha value is -1.36. The second kappa shape index (κ2) is 18.9. The summed E-state index contributed by atoms with van der Waals surface area (Å²) < 4.78 is 17.0. The minimum Gasteiger partial charge on any atom is -0.463 e. The first kappa shape index (κ1) is 32.2. The van der Waals surface area contributed by atoms with Crippen LogP contribution in [-0.4, -0.2) is 37.4 Å². The summed E-state index contributed by atoms with van der Waals surface area (Å²) in [6, 6.07) is 0. The Kier molecular flexibility index (Phi) is 15.6. The molecule has 0 unspecified atom stereocenters. The highest BCUT2D eigenvalue weighted by atomic mass is 16.5. The van der Waals surface area contributed by atoms with Crippen molar-refractivity contribution in [2.75, 3.05) is 13.2 Å². The molecule has 0 aromatic carbocycles. The summed E-state index contributed by atoms with van der Waals surface area (Å²) >= 11 is 0. The quantitative estimate of drug-likeness (QED) is 0.104. The van der Waals surface area contributed by atoms with Crippen molar-refractivity contribution in [1.29, 1.82) is 0 Å². The summed E-state index contributed by atoms with van der Waals surface area (Å²) in [5.41, 5.74) is 0. The van der Waals surface area contributed by atoms with Crippen molar-refractivity contribution in [1.82, 2.24) is 0 Å². The smallest absolute Gasteiger partial charge is 0.330 e. The molecule has 3 aliphatic carbocycles. The standard InChI is InChI=1S/C34H58O5/c1-3-5-6-7-8-9-12-27-13-15-28(16-14-27)29-17-23-32(24-18-29)39-34(36)30-19-21-31(22-20-30)37-25-10-11-26-38-33(35)4-2/h4,27-32H,2-3,5-26H2,1H3. The summed E-state index contributed by atoms with van der Waals surface area (Å²) in [7, 11) is 0. The van der Waals surface area contributed by atoms with E-state index in [1.807, 2.05) is 0 Å². The maximum Gasteiger partial charge on any atom is 0.330 e. The zero-order valence-electron chi connectivity index (χ0n) is 25.1. The molecule has 3 aliphatic rings. The molecule has 0 atom stereocenters. The molecule has 3 rings (SSSR count). The molecule has 39 heavy (non-hydrogen) atoms. The van der Waals surface area contributed by atoms with Crippen molar-refractivity contribution < 1.29 is 23.8 Å². The van der Waals surface area contributed by atoms with Gasteiger partial charge in [0, 0.05) is 12.7 Å². The molecule has 0 spiro atoms. The molecule has 0 saturated heterocycles. The number of rotatable bonds is 17. The minimum atomic E-state index is -0.370. The monoisotopic (exact) mass is 546 g/mol. The number of unbranched alkanes of at least 4 members (excludes halogenated alkanes) is 6. The van der Waals surface area contributed by atoms with Gasteiger partial charge in [0.05, 0.1) is 18.6 Å². The molecule has 0 aromatic rings. The lowest BCUT2D eigenvalue weighted by Crippen LogP contribution is -2.33. The zero-order chi connectivity index (χ0) is 27.7. The molecule has 5 heteroatoms. The molecular weight excluding hydrogens is 488 g/mol. The zero-order valence-corrected chi connectivity index (χ0v) is 25.1. The van der Waals surface area contributed by atoms with E-state index < -0.39 is 0 Å². The van der Waals surface area contributed by atoms with Crippen LogP contribution < -0.4 is 0 Å². The van der Waals surface area contributed by atoms with E-state index in [2.05, 4.69) is 13.5 Å². The normalized spacial score (nSPS) is 29.5. The van der Waals surface area contributed by atoms with Gasteiger partial charge < -0.3 is 14.2 Å². The number of esters is 2. The van der Waals surface area contributed by atoms with Crippen molar-refractivity contribution in [3.63, 3.8) is 0 Å². The number of ether oxygens (including phenoxy) is 3. The Morgan fingerprint density at radius 3 is 1.95 bits per heavy atom. The van der Waals surface area contributed by atoms with Crippen LogP contribution in [0.25, 0.3) is 0 Å². The number of carbonyl (C=O) groups is 2. The fourth-order valence-corrected chi connectivity index (χ4v) is 7.25. The van der Waals surface area contributed by atoms with E-state index in [-0.39, 0.29) is 30.1 Å². The van der Waals surface area contributed by atoms with Gasteiger partial charge in [0.25, 0.3) is 0 Å². The van der Waals surface area contributed by atoms with Crippen molar-refractivity contribution >= 4 is 11.9 Å². The first-order valence-electron chi connectivity index (χ1n) is 16.7. The number of hydrogen-bond acceptors (Lipinski definition) is 5. The lowest BCUT2D eigenvalue weighted by molar-refractivity contribution is -0.158. The van der Waals surface area contributed by atoms with Crippen molar-refractivity contribution in [3.8, 4) is 0 Å². The van der Waals surface area contributed by atoms with Gasteiger partial charge in [-0.05, 0) is 94.8 Å². The molecule has 5 nitrogen and oxygen atoms in total. The van der Waals surface area contributed by atoms with Gasteiger partial charge in [-0.15, -0.1) is 0 Å². The predicted molar refractivity (Wildman–Crippen MR) is 157 cm³/mol. The summed E-state index contributed by atoms with van der Waals surface area (Å²) in [6.07, 6.45) is 27.2. The number of carbonyl (C=O) groups excluding carboxylic acids is 2.